The zero-order valence-electron chi connectivity index (χ0n) is 13.2. The molecule has 0 amide bonds. The second-order valence-electron chi connectivity index (χ2n) is 5.69. The highest BCUT2D eigenvalue weighted by molar-refractivity contribution is 5.81. The Morgan fingerprint density at radius 3 is 2.00 bits per heavy atom. The van der Waals surface area contributed by atoms with Crippen molar-refractivity contribution >= 4 is 17.3 Å². The normalized spacial score (nSPS) is 11.4. The van der Waals surface area contributed by atoms with Crippen molar-refractivity contribution in [1.82, 2.24) is 0 Å². The summed E-state index contributed by atoms with van der Waals surface area (Å²) in [5.74, 6) is 0. The number of allylic oxidation sites excluding steroid dienone is 1. The Morgan fingerprint density at radius 1 is 0.739 bits per heavy atom. The van der Waals surface area contributed by atoms with Crippen LogP contribution in [0.1, 0.15) is 23.1 Å². The van der Waals surface area contributed by atoms with Gasteiger partial charge in [-0.25, -0.2) is 0 Å². The number of benzene rings is 3. The number of hydrogen-bond acceptors (Lipinski definition) is 1. The van der Waals surface area contributed by atoms with E-state index >= 15 is 0 Å². The molecule has 0 atom stereocenters. The van der Waals surface area contributed by atoms with Crippen LogP contribution in [-0.2, 0) is 6.42 Å². The summed E-state index contributed by atoms with van der Waals surface area (Å²) in [4.78, 5) is 0. The van der Waals surface area contributed by atoms with E-state index in [1.807, 2.05) is 18.2 Å². The first kappa shape index (κ1) is 15.1. The van der Waals surface area contributed by atoms with E-state index < -0.39 is 0 Å². The minimum absolute atomic E-state index is 0.817. The molecule has 23 heavy (non-hydrogen) atoms. The summed E-state index contributed by atoms with van der Waals surface area (Å²) < 4.78 is 0. The lowest BCUT2D eigenvalue weighted by atomic mass is 9.96. The minimum atomic E-state index is 0.817. The molecule has 2 N–H and O–H groups in total. The average Bonchev–Trinajstić information content (AvgIpc) is 2.61. The lowest BCUT2D eigenvalue weighted by molar-refractivity contribution is 1.02. The van der Waals surface area contributed by atoms with Crippen molar-refractivity contribution in [3.63, 3.8) is 0 Å². The van der Waals surface area contributed by atoms with Crippen LogP contribution in [-0.4, -0.2) is 0 Å². The number of hydrogen-bond donors (Lipinski definition) is 1. The van der Waals surface area contributed by atoms with Crippen molar-refractivity contribution in [1.29, 1.82) is 0 Å². The molecule has 0 saturated heterocycles. The third-order valence-electron chi connectivity index (χ3n) is 3.95. The lowest BCUT2D eigenvalue weighted by Crippen LogP contribution is -1.91. The van der Waals surface area contributed by atoms with Crippen LogP contribution < -0.4 is 5.73 Å². The minimum Gasteiger partial charge on any atom is -0.399 e. The fraction of sp³-hybridized carbons (Fsp3) is 0.0909. The monoisotopic (exact) mass is 299 g/mol. The Hall–Kier alpha value is -2.80. The summed E-state index contributed by atoms with van der Waals surface area (Å²) in [5, 5.41) is 0. The van der Waals surface area contributed by atoms with E-state index in [0.717, 1.165) is 18.5 Å². The molecule has 0 radical (unpaired) electrons. The first-order chi connectivity index (χ1) is 11.3. The second-order valence-corrected chi connectivity index (χ2v) is 5.69. The molecule has 0 bridgehead atoms. The zero-order chi connectivity index (χ0) is 15.9. The molecule has 0 aliphatic rings. The largest absolute Gasteiger partial charge is 0.399 e. The van der Waals surface area contributed by atoms with Crippen molar-refractivity contribution < 1.29 is 0 Å². The molecule has 114 valence electrons. The van der Waals surface area contributed by atoms with Gasteiger partial charge in [0.15, 0.2) is 0 Å². The third kappa shape index (κ3) is 4.33. The Labute approximate surface area is 138 Å². The number of rotatable bonds is 5. The highest BCUT2D eigenvalue weighted by atomic mass is 14.5. The maximum atomic E-state index is 5.76. The van der Waals surface area contributed by atoms with Gasteiger partial charge in [0.05, 0.1) is 0 Å². The molecule has 3 aromatic rings. The smallest absolute Gasteiger partial charge is 0.0314 e. The quantitative estimate of drug-likeness (QED) is 0.492. The van der Waals surface area contributed by atoms with Crippen molar-refractivity contribution in [2.45, 2.75) is 12.8 Å². The Bertz CT molecular complexity index is 756. The van der Waals surface area contributed by atoms with Gasteiger partial charge < -0.3 is 5.73 Å². The van der Waals surface area contributed by atoms with Crippen molar-refractivity contribution in [2.75, 3.05) is 5.73 Å². The summed E-state index contributed by atoms with van der Waals surface area (Å²) in [6.45, 7) is 0. The standard InChI is InChI=1S/C22H21N/c23-22-15-12-18(13-16-22)11-14-21(20-9-5-2-6-10-20)17-19-7-3-1-4-8-19/h1-10,12-13,15-17H,11,14,23H2/b21-17-. The van der Waals surface area contributed by atoms with Gasteiger partial charge in [-0.3, -0.25) is 0 Å². The van der Waals surface area contributed by atoms with E-state index in [-0.39, 0.29) is 0 Å². The Kier molecular flexibility index (Phi) is 4.90. The number of anilines is 1. The van der Waals surface area contributed by atoms with Crippen molar-refractivity contribution in [3.05, 3.63) is 102 Å². The van der Waals surface area contributed by atoms with Gasteiger partial charge in [-0.15, -0.1) is 0 Å². The summed E-state index contributed by atoms with van der Waals surface area (Å²) in [7, 11) is 0. The van der Waals surface area contributed by atoms with E-state index in [1.54, 1.807) is 0 Å². The maximum absolute atomic E-state index is 5.76. The van der Waals surface area contributed by atoms with Gasteiger partial charge in [-0.05, 0) is 47.2 Å². The van der Waals surface area contributed by atoms with E-state index in [9.17, 15) is 0 Å². The summed E-state index contributed by atoms with van der Waals surface area (Å²) in [5.41, 5.74) is 11.8. The van der Waals surface area contributed by atoms with Crippen LogP contribution in [0.15, 0.2) is 84.9 Å². The third-order valence-corrected chi connectivity index (χ3v) is 3.95. The van der Waals surface area contributed by atoms with Gasteiger partial charge in [0.1, 0.15) is 0 Å². The van der Waals surface area contributed by atoms with Gasteiger partial charge in [0.25, 0.3) is 0 Å². The Morgan fingerprint density at radius 2 is 1.35 bits per heavy atom. The number of nitrogen functional groups attached to an aromatic ring is 1. The van der Waals surface area contributed by atoms with Crippen LogP contribution in [0, 0.1) is 0 Å². The molecule has 3 rings (SSSR count). The molecule has 0 aliphatic heterocycles. The van der Waals surface area contributed by atoms with Crippen LogP contribution in [0.25, 0.3) is 11.6 Å². The van der Waals surface area contributed by atoms with Gasteiger partial charge in [-0.1, -0.05) is 78.9 Å². The summed E-state index contributed by atoms with van der Waals surface area (Å²) in [6, 6.07) is 29.3. The van der Waals surface area contributed by atoms with Crippen LogP contribution in [0.3, 0.4) is 0 Å². The van der Waals surface area contributed by atoms with Crippen LogP contribution >= 0.6 is 0 Å². The van der Waals surface area contributed by atoms with E-state index in [1.165, 1.54) is 22.3 Å². The lowest BCUT2D eigenvalue weighted by Gasteiger charge is -2.09. The van der Waals surface area contributed by atoms with E-state index in [4.69, 9.17) is 5.73 Å². The van der Waals surface area contributed by atoms with Gasteiger partial charge in [-0.2, -0.15) is 0 Å². The predicted molar refractivity (Wildman–Crippen MR) is 99.9 cm³/mol. The van der Waals surface area contributed by atoms with E-state index in [2.05, 4.69) is 72.8 Å². The van der Waals surface area contributed by atoms with Crippen LogP contribution in [0.2, 0.25) is 0 Å². The fourth-order valence-electron chi connectivity index (χ4n) is 2.67. The predicted octanol–water partition coefficient (Wildman–Crippen LogP) is 5.44. The first-order valence-electron chi connectivity index (χ1n) is 7.97. The van der Waals surface area contributed by atoms with E-state index in [0.29, 0.717) is 0 Å². The van der Waals surface area contributed by atoms with Crippen molar-refractivity contribution in [3.8, 4) is 0 Å². The molecule has 0 fully saturated rings. The molecular formula is C22H21N. The van der Waals surface area contributed by atoms with Gasteiger partial charge >= 0.3 is 0 Å². The molecule has 0 heterocycles. The molecule has 1 heteroatoms. The molecule has 0 aliphatic carbocycles. The maximum Gasteiger partial charge on any atom is 0.0314 e. The topological polar surface area (TPSA) is 26.0 Å². The molecule has 0 unspecified atom stereocenters. The van der Waals surface area contributed by atoms with Crippen LogP contribution in [0.5, 0.6) is 0 Å². The molecule has 1 nitrogen and oxygen atoms in total. The zero-order valence-corrected chi connectivity index (χ0v) is 13.2. The molecular weight excluding hydrogens is 278 g/mol. The Balaban J connectivity index is 1.84. The summed E-state index contributed by atoms with van der Waals surface area (Å²) in [6.07, 6.45) is 4.29. The molecule has 3 aromatic carbocycles. The SMILES string of the molecule is Nc1ccc(CC/C(=C/c2ccccc2)c2ccccc2)cc1. The molecule has 0 spiro atoms. The highest BCUT2D eigenvalue weighted by Crippen LogP contribution is 2.23. The highest BCUT2D eigenvalue weighted by Gasteiger charge is 2.03. The summed E-state index contributed by atoms with van der Waals surface area (Å²) >= 11 is 0. The average molecular weight is 299 g/mol. The number of nitrogens with two attached hydrogens (primary N) is 1. The molecule has 0 saturated carbocycles. The van der Waals surface area contributed by atoms with Gasteiger partial charge in [0.2, 0.25) is 0 Å². The number of aryl methyl sites for hydroxylation is 1. The second kappa shape index (κ2) is 7.46. The molecule has 0 aromatic heterocycles. The van der Waals surface area contributed by atoms with Gasteiger partial charge in [0, 0.05) is 5.69 Å². The van der Waals surface area contributed by atoms with Crippen LogP contribution in [0.4, 0.5) is 5.69 Å². The fourth-order valence-corrected chi connectivity index (χ4v) is 2.67. The van der Waals surface area contributed by atoms with Crippen molar-refractivity contribution in [2.24, 2.45) is 0 Å². The first-order valence-corrected chi connectivity index (χ1v) is 7.97.